The molecule has 7 rings (SSSR count). The lowest BCUT2D eigenvalue weighted by molar-refractivity contribution is -0.158. The molecule has 9 nitrogen and oxygen atoms in total. The molecule has 0 spiro atoms. The molecule has 2 N–H and O–H groups in total. The predicted octanol–water partition coefficient (Wildman–Crippen LogP) is 4.44. The van der Waals surface area contributed by atoms with Crippen LogP contribution in [0, 0.1) is 34.5 Å². The quantitative estimate of drug-likeness (QED) is 0.389. The first kappa shape index (κ1) is 34.7. The number of fused-ring (bicyclic) bond motifs is 5. The third kappa shape index (κ3) is 5.93. The van der Waals surface area contributed by atoms with E-state index in [4.69, 9.17) is 0 Å². The number of hydrogen-bond acceptors (Lipinski definition) is 6. The lowest BCUT2D eigenvalue weighted by Gasteiger charge is -2.62. The number of unbranched alkanes of at least 4 members (excludes halogenated alkanes) is 2. The van der Waals surface area contributed by atoms with Crippen LogP contribution in [-0.4, -0.2) is 117 Å². The van der Waals surface area contributed by atoms with Crippen LogP contribution in [0.15, 0.2) is 0 Å². The summed E-state index contributed by atoms with van der Waals surface area (Å²) in [5.41, 5.74) is 0.299. The summed E-state index contributed by atoms with van der Waals surface area (Å²) in [6, 6.07) is -0.720. The van der Waals surface area contributed by atoms with E-state index >= 15 is 0 Å². The van der Waals surface area contributed by atoms with Crippen LogP contribution in [0.2, 0.25) is 0 Å². The number of carbonyl (C=O) groups excluding carboxylic acids is 3. The van der Waals surface area contributed by atoms with Crippen molar-refractivity contribution >= 4 is 17.7 Å². The fourth-order valence-electron chi connectivity index (χ4n) is 12.6. The van der Waals surface area contributed by atoms with E-state index in [2.05, 4.69) is 25.7 Å². The molecule has 0 aromatic rings. The summed E-state index contributed by atoms with van der Waals surface area (Å²) in [4.78, 5) is 48.8. The number of amides is 3. The van der Waals surface area contributed by atoms with Crippen molar-refractivity contribution in [1.82, 2.24) is 19.6 Å². The monoisotopic (exact) mass is 668 g/mol. The zero-order valence-corrected chi connectivity index (χ0v) is 30.2. The molecule has 270 valence electrons. The van der Waals surface area contributed by atoms with Gasteiger partial charge in [-0.25, -0.2) is 0 Å². The van der Waals surface area contributed by atoms with E-state index in [1.165, 1.54) is 25.7 Å². The highest BCUT2D eigenvalue weighted by Crippen LogP contribution is 2.66. The van der Waals surface area contributed by atoms with Crippen molar-refractivity contribution in [2.24, 2.45) is 34.5 Å². The molecule has 3 heterocycles. The van der Waals surface area contributed by atoms with E-state index in [1.807, 2.05) is 4.90 Å². The maximum atomic E-state index is 14.0. The number of aliphatic hydroxyl groups is 2. The van der Waals surface area contributed by atoms with Gasteiger partial charge < -0.3 is 24.9 Å². The van der Waals surface area contributed by atoms with Crippen molar-refractivity contribution in [3.63, 3.8) is 0 Å². The molecular weight excluding hydrogens is 604 g/mol. The average Bonchev–Trinajstić information content (AvgIpc) is 3.84. The zero-order valence-electron chi connectivity index (χ0n) is 30.2. The molecule has 3 aliphatic heterocycles. The van der Waals surface area contributed by atoms with Gasteiger partial charge >= 0.3 is 0 Å². The van der Waals surface area contributed by atoms with Crippen LogP contribution in [-0.2, 0) is 14.4 Å². The van der Waals surface area contributed by atoms with Crippen LogP contribution in [0.3, 0.4) is 0 Å². The van der Waals surface area contributed by atoms with Gasteiger partial charge in [-0.1, -0.05) is 33.6 Å². The molecule has 0 aromatic heterocycles. The van der Waals surface area contributed by atoms with Crippen LogP contribution in [0.25, 0.3) is 0 Å². The van der Waals surface area contributed by atoms with Gasteiger partial charge in [0.1, 0.15) is 12.1 Å². The Hall–Kier alpha value is -1.71. The Bertz CT molecular complexity index is 1210. The minimum Gasteiger partial charge on any atom is -0.393 e. The minimum atomic E-state index is -0.424. The highest BCUT2D eigenvalue weighted by molar-refractivity contribution is 5.93. The molecule has 3 amide bonds. The van der Waals surface area contributed by atoms with Crippen LogP contribution < -0.4 is 0 Å². The summed E-state index contributed by atoms with van der Waals surface area (Å²) in [6.07, 6.45) is 14.9. The van der Waals surface area contributed by atoms with E-state index in [0.717, 1.165) is 70.9 Å². The molecule has 4 aliphatic carbocycles. The van der Waals surface area contributed by atoms with Gasteiger partial charge in [0.15, 0.2) is 0 Å². The van der Waals surface area contributed by atoms with Crippen LogP contribution in [0.4, 0.5) is 0 Å². The summed E-state index contributed by atoms with van der Waals surface area (Å²) >= 11 is 0. The van der Waals surface area contributed by atoms with Gasteiger partial charge in [0.25, 0.3) is 0 Å². The number of nitrogens with zero attached hydrogens (tertiary/aromatic N) is 4. The minimum absolute atomic E-state index is 0.0279. The van der Waals surface area contributed by atoms with Gasteiger partial charge in [-0.05, 0) is 118 Å². The van der Waals surface area contributed by atoms with Crippen molar-refractivity contribution < 1.29 is 24.6 Å². The smallest absolute Gasteiger partial charge is 0.246 e. The Labute approximate surface area is 289 Å². The third-order valence-electron chi connectivity index (χ3n) is 15.4. The molecule has 0 unspecified atom stereocenters. The standard InChI is InChI=1S/C39H64N4O5/c1-4-5-6-11-35(46)42-18-7-10-31(42)37(48)43-19-8-9-30(43)36(47)41-22-20-40(21-23-41)32-25-39(3)26(24-33(32)44)12-13-27-28-14-15-34(45)38(28,2)17-16-29(27)39/h26-34,44-45H,4-25H2,1-3H3/t26-,27-,28-,29-,30-,31-,32-,33-,34-,38-,39-/m0/s1. The fraction of sp³-hybridized carbons (Fsp3) is 0.923. The maximum Gasteiger partial charge on any atom is 0.246 e. The summed E-state index contributed by atoms with van der Waals surface area (Å²) in [5.74, 6) is 2.69. The number of hydrogen-bond donors (Lipinski definition) is 2. The van der Waals surface area contributed by atoms with Crippen molar-refractivity contribution in [2.75, 3.05) is 39.3 Å². The lowest BCUT2D eigenvalue weighted by atomic mass is 9.44. The van der Waals surface area contributed by atoms with Crippen molar-refractivity contribution in [3.8, 4) is 0 Å². The Morgan fingerprint density at radius 3 is 2.15 bits per heavy atom. The van der Waals surface area contributed by atoms with Gasteiger partial charge in [-0.3, -0.25) is 19.3 Å². The number of carbonyl (C=O) groups is 3. The Kier molecular flexibility index (Phi) is 9.97. The number of rotatable bonds is 7. The lowest BCUT2D eigenvalue weighted by Crippen LogP contribution is -2.63. The molecule has 9 heteroatoms. The van der Waals surface area contributed by atoms with Gasteiger partial charge in [0.2, 0.25) is 17.7 Å². The second-order valence-electron chi connectivity index (χ2n) is 17.6. The van der Waals surface area contributed by atoms with E-state index < -0.39 is 12.1 Å². The van der Waals surface area contributed by atoms with Gasteiger partial charge in [0.05, 0.1) is 12.2 Å². The topological polar surface area (TPSA) is 105 Å². The first-order valence-electron chi connectivity index (χ1n) is 20.1. The Morgan fingerprint density at radius 2 is 1.42 bits per heavy atom. The largest absolute Gasteiger partial charge is 0.393 e. The molecule has 0 aromatic carbocycles. The number of likely N-dealkylation sites (tertiary alicyclic amines) is 2. The van der Waals surface area contributed by atoms with Crippen LogP contribution in [0.1, 0.15) is 124 Å². The number of piperazine rings is 1. The number of aliphatic hydroxyl groups excluding tert-OH is 2. The predicted molar refractivity (Wildman–Crippen MR) is 185 cm³/mol. The molecule has 11 atom stereocenters. The van der Waals surface area contributed by atoms with Gasteiger partial charge in [0, 0.05) is 51.7 Å². The Balaban J connectivity index is 0.962. The summed E-state index contributed by atoms with van der Waals surface area (Å²) in [6.45, 7) is 11.1. The highest BCUT2D eigenvalue weighted by Gasteiger charge is 2.61. The summed E-state index contributed by atoms with van der Waals surface area (Å²) in [7, 11) is 0. The van der Waals surface area contributed by atoms with E-state index in [0.29, 0.717) is 69.1 Å². The first-order valence-corrected chi connectivity index (χ1v) is 20.1. The van der Waals surface area contributed by atoms with Crippen molar-refractivity contribution in [2.45, 2.75) is 154 Å². The maximum absolute atomic E-state index is 14.0. The normalized spacial score (nSPS) is 43.2. The third-order valence-corrected chi connectivity index (χ3v) is 15.4. The van der Waals surface area contributed by atoms with Crippen LogP contribution >= 0.6 is 0 Å². The molecule has 0 bridgehead atoms. The van der Waals surface area contributed by atoms with Gasteiger partial charge in [-0.15, -0.1) is 0 Å². The van der Waals surface area contributed by atoms with E-state index in [-0.39, 0.29) is 46.8 Å². The van der Waals surface area contributed by atoms with Crippen molar-refractivity contribution in [3.05, 3.63) is 0 Å². The van der Waals surface area contributed by atoms with E-state index in [9.17, 15) is 24.6 Å². The molecule has 3 saturated heterocycles. The Morgan fingerprint density at radius 1 is 0.729 bits per heavy atom. The summed E-state index contributed by atoms with van der Waals surface area (Å²) in [5, 5.41) is 22.4. The molecule has 48 heavy (non-hydrogen) atoms. The molecule has 7 aliphatic rings. The van der Waals surface area contributed by atoms with Crippen molar-refractivity contribution in [1.29, 1.82) is 0 Å². The van der Waals surface area contributed by atoms with Crippen LogP contribution in [0.5, 0.6) is 0 Å². The average molecular weight is 669 g/mol. The second kappa shape index (κ2) is 13.8. The first-order chi connectivity index (χ1) is 23.1. The second-order valence-corrected chi connectivity index (χ2v) is 17.6. The highest BCUT2D eigenvalue weighted by atomic mass is 16.3. The molecule has 0 radical (unpaired) electrons. The zero-order chi connectivity index (χ0) is 33.8. The molecular formula is C39H64N4O5. The fourth-order valence-corrected chi connectivity index (χ4v) is 12.6. The van der Waals surface area contributed by atoms with E-state index in [1.54, 1.807) is 9.80 Å². The SMILES string of the molecule is CCCCCC(=O)N1CCC[C@H]1C(=O)N1CCC[C@H]1C(=O)N1CCN([C@H]2C[C@@]3(C)[C@@H](CC[C@@H]4[C@@H]3CC[C@]3(C)[C@@H](O)CC[C@@H]43)C[C@@H]2O)CC1. The van der Waals surface area contributed by atoms with Gasteiger partial charge in [-0.2, -0.15) is 0 Å². The molecule has 7 fully saturated rings. The molecule has 4 saturated carbocycles. The summed E-state index contributed by atoms with van der Waals surface area (Å²) < 4.78 is 0.